The first-order valence-corrected chi connectivity index (χ1v) is 10.7. The van der Waals surface area contributed by atoms with Crippen LogP contribution in [-0.4, -0.2) is 30.9 Å². The molecule has 1 aliphatic rings. The number of amides is 1. The Morgan fingerprint density at radius 1 is 1.10 bits per heavy atom. The van der Waals surface area contributed by atoms with Crippen LogP contribution < -0.4 is 25.6 Å². The van der Waals surface area contributed by atoms with Gasteiger partial charge in [0, 0.05) is 30.5 Å². The van der Waals surface area contributed by atoms with Gasteiger partial charge in [-0.15, -0.1) is 0 Å². The first kappa shape index (κ1) is 21.2. The summed E-state index contributed by atoms with van der Waals surface area (Å²) in [5.41, 5.74) is 9.95. The SMILES string of the molecule is CCn1c(C2CC(NC(=O)CCc3ccccc3OC)NN2)cc2c(OC)cccc21. The van der Waals surface area contributed by atoms with Crippen LogP contribution in [0.15, 0.2) is 48.5 Å². The second-order valence-electron chi connectivity index (χ2n) is 7.72. The molecule has 1 aromatic heterocycles. The second kappa shape index (κ2) is 9.41. The molecule has 164 valence electrons. The van der Waals surface area contributed by atoms with Crippen LogP contribution in [0, 0.1) is 0 Å². The highest BCUT2D eigenvalue weighted by molar-refractivity contribution is 5.87. The minimum Gasteiger partial charge on any atom is -0.496 e. The highest BCUT2D eigenvalue weighted by Gasteiger charge is 2.29. The van der Waals surface area contributed by atoms with E-state index in [2.05, 4.69) is 39.8 Å². The van der Waals surface area contributed by atoms with Crippen molar-refractivity contribution in [3.05, 3.63) is 59.8 Å². The Morgan fingerprint density at radius 3 is 2.65 bits per heavy atom. The molecule has 0 bridgehead atoms. The summed E-state index contributed by atoms with van der Waals surface area (Å²) in [5, 5.41) is 4.20. The van der Waals surface area contributed by atoms with E-state index in [1.165, 1.54) is 5.69 Å². The van der Waals surface area contributed by atoms with Gasteiger partial charge in [-0.1, -0.05) is 24.3 Å². The minimum absolute atomic E-state index is 0.0172. The van der Waals surface area contributed by atoms with E-state index in [1.54, 1.807) is 14.2 Å². The van der Waals surface area contributed by atoms with Crippen LogP contribution in [-0.2, 0) is 17.8 Å². The second-order valence-corrected chi connectivity index (χ2v) is 7.72. The number of para-hydroxylation sites is 1. The van der Waals surface area contributed by atoms with Crippen LogP contribution in [0.2, 0.25) is 0 Å². The van der Waals surface area contributed by atoms with Crippen molar-refractivity contribution in [3.63, 3.8) is 0 Å². The van der Waals surface area contributed by atoms with E-state index in [0.29, 0.717) is 12.8 Å². The van der Waals surface area contributed by atoms with Gasteiger partial charge in [0.15, 0.2) is 0 Å². The summed E-state index contributed by atoms with van der Waals surface area (Å²) in [6.45, 7) is 3.00. The third kappa shape index (κ3) is 4.38. The van der Waals surface area contributed by atoms with E-state index < -0.39 is 0 Å². The number of aromatic nitrogens is 1. The molecule has 0 radical (unpaired) electrons. The Hall–Kier alpha value is -3.03. The van der Waals surface area contributed by atoms with Crippen molar-refractivity contribution in [2.45, 2.75) is 44.9 Å². The smallest absolute Gasteiger partial charge is 0.221 e. The molecule has 0 saturated carbocycles. The molecule has 2 heterocycles. The van der Waals surface area contributed by atoms with Crippen LogP contribution in [0.3, 0.4) is 0 Å². The van der Waals surface area contributed by atoms with Gasteiger partial charge in [0.2, 0.25) is 5.91 Å². The number of hydrazine groups is 1. The molecule has 1 amide bonds. The fourth-order valence-corrected chi connectivity index (χ4v) is 4.37. The van der Waals surface area contributed by atoms with E-state index in [1.807, 2.05) is 36.4 Å². The van der Waals surface area contributed by atoms with Gasteiger partial charge in [-0.05, 0) is 43.2 Å². The van der Waals surface area contributed by atoms with Crippen LogP contribution in [0.25, 0.3) is 10.9 Å². The molecule has 2 atom stereocenters. The molecule has 7 heteroatoms. The number of rotatable bonds is 8. The predicted octanol–water partition coefficient (Wildman–Crippen LogP) is 3.29. The predicted molar refractivity (Wildman–Crippen MR) is 121 cm³/mol. The average molecular weight is 423 g/mol. The van der Waals surface area contributed by atoms with Crippen LogP contribution >= 0.6 is 0 Å². The summed E-state index contributed by atoms with van der Waals surface area (Å²) in [7, 11) is 3.35. The lowest BCUT2D eigenvalue weighted by Crippen LogP contribution is -2.44. The van der Waals surface area contributed by atoms with Gasteiger partial charge in [0.05, 0.1) is 31.9 Å². The van der Waals surface area contributed by atoms with Crippen molar-refractivity contribution in [3.8, 4) is 11.5 Å². The van der Waals surface area contributed by atoms with Crippen LogP contribution in [0.1, 0.15) is 37.1 Å². The third-order valence-corrected chi connectivity index (χ3v) is 5.88. The average Bonchev–Trinajstić information content (AvgIpc) is 3.41. The number of hydrogen-bond acceptors (Lipinski definition) is 5. The van der Waals surface area contributed by atoms with E-state index in [-0.39, 0.29) is 18.1 Å². The maximum atomic E-state index is 12.5. The fourth-order valence-electron chi connectivity index (χ4n) is 4.37. The van der Waals surface area contributed by atoms with E-state index in [9.17, 15) is 4.79 Å². The van der Waals surface area contributed by atoms with Crippen molar-refractivity contribution in [1.29, 1.82) is 0 Å². The van der Waals surface area contributed by atoms with Gasteiger partial charge in [0.1, 0.15) is 11.5 Å². The summed E-state index contributed by atoms with van der Waals surface area (Å²) in [6, 6.07) is 16.2. The van der Waals surface area contributed by atoms with Gasteiger partial charge < -0.3 is 19.4 Å². The first-order valence-electron chi connectivity index (χ1n) is 10.7. The highest BCUT2D eigenvalue weighted by atomic mass is 16.5. The van der Waals surface area contributed by atoms with Crippen molar-refractivity contribution >= 4 is 16.8 Å². The molecule has 3 aromatic rings. The first-order chi connectivity index (χ1) is 15.1. The molecule has 4 rings (SSSR count). The van der Waals surface area contributed by atoms with Gasteiger partial charge in [-0.25, -0.2) is 10.9 Å². The number of hydrogen-bond donors (Lipinski definition) is 3. The summed E-state index contributed by atoms with van der Waals surface area (Å²) < 4.78 is 13.2. The number of nitrogens with zero attached hydrogens (tertiary/aromatic N) is 1. The molecule has 3 N–H and O–H groups in total. The van der Waals surface area contributed by atoms with Gasteiger partial charge >= 0.3 is 0 Å². The number of aryl methyl sites for hydroxylation is 2. The maximum absolute atomic E-state index is 12.5. The molecule has 1 fully saturated rings. The molecule has 2 aromatic carbocycles. The lowest BCUT2D eigenvalue weighted by Gasteiger charge is -2.14. The third-order valence-electron chi connectivity index (χ3n) is 5.88. The summed E-state index contributed by atoms with van der Waals surface area (Å²) >= 11 is 0. The van der Waals surface area contributed by atoms with Crippen molar-refractivity contribution in [1.82, 2.24) is 20.7 Å². The highest BCUT2D eigenvalue weighted by Crippen LogP contribution is 2.33. The Morgan fingerprint density at radius 2 is 1.87 bits per heavy atom. The van der Waals surface area contributed by atoms with E-state index in [4.69, 9.17) is 9.47 Å². The Labute approximate surface area is 182 Å². The molecular formula is C24H30N4O3. The van der Waals surface area contributed by atoms with Crippen molar-refractivity contribution < 1.29 is 14.3 Å². The lowest BCUT2D eigenvalue weighted by molar-refractivity contribution is -0.121. The number of benzene rings is 2. The molecule has 2 unspecified atom stereocenters. The van der Waals surface area contributed by atoms with Gasteiger partial charge in [-0.2, -0.15) is 0 Å². The molecule has 1 saturated heterocycles. The topological polar surface area (TPSA) is 76.6 Å². The van der Waals surface area contributed by atoms with Gasteiger partial charge in [-0.3, -0.25) is 4.79 Å². The zero-order valence-corrected chi connectivity index (χ0v) is 18.3. The number of methoxy groups -OCH3 is 2. The molecule has 1 aliphatic heterocycles. The number of carbonyl (C=O) groups is 1. The number of carbonyl (C=O) groups excluding carboxylic acids is 1. The Bertz CT molecular complexity index is 1060. The quantitative estimate of drug-likeness (QED) is 0.519. The largest absolute Gasteiger partial charge is 0.496 e. The Kier molecular flexibility index (Phi) is 6.44. The summed E-state index contributed by atoms with van der Waals surface area (Å²) in [5.74, 6) is 1.71. The van der Waals surface area contributed by atoms with Gasteiger partial charge in [0.25, 0.3) is 0 Å². The molecule has 31 heavy (non-hydrogen) atoms. The lowest BCUT2D eigenvalue weighted by atomic mass is 10.1. The fraction of sp³-hybridized carbons (Fsp3) is 0.375. The van der Waals surface area contributed by atoms with E-state index >= 15 is 0 Å². The molecular weight excluding hydrogens is 392 g/mol. The van der Waals surface area contributed by atoms with Crippen molar-refractivity contribution in [2.75, 3.05) is 14.2 Å². The number of fused-ring (bicyclic) bond motifs is 1. The zero-order valence-electron chi connectivity index (χ0n) is 18.3. The maximum Gasteiger partial charge on any atom is 0.221 e. The summed E-state index contributed by atoms with van der Waals surface area (Å²) in [6.07, 6.45) is 1.69. The Balaban J connectivity index is 1.40. The normalized spacial score (nSPS) is 18.3. The summed E-state index contributed by atoms with van der Waals surface area (Å²) in [4.78, 5) is 12.5. The van der Waals surface area contributed by atoms with Crippen molar-refractivity contribution in [2.24, 2.45) is 0 Å². The standard InChI is InChI=1S/C24H30N4O3/c1-4-28-19-9-7-11-22(31-3)17(19)14-20(28)18-15-23(27-26-18)25-24(29)13-12-16-8-5-6-10-21(16)30-2/h5-11,14,18,23,26-27H,4,12-13,15H2,1-3H3,(H,25,29). The molecule has 0 aliphatic carbocycles. The minimum atomic E-state index is -0.125. The number of ether oxygens (including phenoxy) is 2. The zero-order chi connectivity index (χ0) is 21.8. The molecule has 7 nitrogen and oxygen atoms in total. The van der Waals surface area contributed by atoms with Crippen LogP contribution in [0.4, 0.5) is 0 Å². The number of nitrogens with one attached hydrogen (secondary N) is 3. The monoisotopic (exact) mass is 422 g/mol. The van der Waals surface area contributed by atoms with Crippen LogP contribution in [0.5, 0.6) is 11.5 Å². The molecule has 0 spiro atoms. The van der Waals surface area contributed by atoms with E-state index in [0.717, 1.165) is 40.9 Å².